The lowest BCUT2D eigenvalue weighted by Crippen LogP contribution is -2.52. The zero-order chi connectivity index (χ0) is 17.2. The number of hydrogen-bond acceptors (Lipinski definition) is 4. The quantitative estimate of drug-likeness (QED) is 0.789. The van der Waals surface area contributed by atoms with E-state index in [1.807, 2.05) is 23.6 Å². The van der Waals surface area contributed by atoms with E-state index in [4.69, 9.17) is 0 Å². The molecule has 0 aromatic rings. The molecule has 0 aromatic carbocycles. The maximum atomic E-state index is 12.8. The van der Waals surface area contributed by atoms with Gasteiger partial charge < -0.3 is 15.1 Å². The highest BCUT2D eigenvalue weighted by Gasteiger charge is 2.58. The zero-order valence-corrected chi connectivity index (χ0v) is 15.2. The van der Waals surface area contributed by atoms with E-state index in [0.29, 0.717) is 17.9 Å². The highest BCUT2D eigenvalue weighted by Crippen LogP contribution is 2.59. The van der Waals surface area contributed by atoms with E-state index in [2.05, 4.69) is 10.2 Å². The topological polar surface area (TPSA) is 55.9 Å². The summed E-state index contributed by atoms with van der Waals surface area (Å²) >= 11 is 0. The minimum atomic E-state index is 0.204. The van der Waals surface area contributed by atoms with Crippen LogP contribution in [0.3, 0.4) is 0 Å². The summed E-state index contributed by atoms with van der Waals surface area (Å²) in [5.74, 6) is 0.839. The van der Waals surface area contributed by atoms with E-state index < -0.39 is 0 Å². The van der Waals surface area contributed by atoms with Crippen LogP contribution in [0, 0.1) is 11.3 Å². The number of nitrogens with zero attached hydrogens (tertiary/aromatic N) is 3. The molecule has 6 nitrogen and oxygen atoms in total. The summed E-state index contributed by atoms with van der Waals surface area (Å²) in [6.07, 6.45) is 3.40. The van der Waals surface area contributed by atoms with Gasteiger partial charge in [-0.3, -0.25) is 14.5 Å². The SMILES string of the molecule is CCN(CC)C(=O)CN1CCN(C(=O)C2CC23CCNCC3)CC1. The number of amides is 2. The first-order valence-corrected chi connectivity index (χ1v) is 9.59. The fraction of sp³-hybridized carbons (Fsp3) is 0.889. The van der Waals surface area contributed by atoms with E-state index in [9.17, 15) is 9.59 Å². The highest BCUT2D eigenvalue weighted by atomic mass is 16.2. The molecule has 2 aliphatic heterocycles. The van der Waals surface area contributed by atoms with E-state index >= 15 is 0 Å². The molecule has 3 fully saturated rings. The molecule has 2 amide bonds. The monoisotopic (exact) mass is 336 g/mol. The Morgan fingerprint density at radius 1 is 1.08 bits per heavy atom. The van der Waals surface area contributed by atoms with E-state index in [1.165, 1.54) is 0 Å². The molecule has 3 rings (SSSR count). The Morgan fingerprint density at radius 3 is 2.29 bits per heavy atom. The van der Waals surface area contributed by atoms with Crippen LogP contribution in [0.1, 0.15) is 33.1 Å². The third-order valence-corrected chi connectivity index (χ3v) is 6.25. The van der Waals surface area contributed by atoms with Crippen LogP contribution >= 0.6 is 0 Å². The van der Waals surface area contributed by atoms with Gasteiger partial charge in [0.2, 0.25) is 11.8 Å². The lowest BCUT2D eigenvalue weighted by Gasteiger charge is -2.36. The molecule has 2 heterocycles. The normalized spacial score (nSPS) is 26.4. The van der Waals surface area contributed by atoms with Crippen LogP contribution in [0.25, 0.3) is 0 Å². The zero-order valence-electron chi connectivity index (χ0n) is 15.2. The second kappa shape index (κ2) is 7.40. The molecule has 0 radical (unpaired) electrons. The third-order valence-electron chi connectivity index (χ3n) is 6.25. The van der Waals surface area contributed by atoms with Crippen molar-refractivity contribution in [2.75, 3.05) is 58.9 Å². The number of piperazine rings is 1. The third kappa shape index (κ3) is 3.59. The summed E-state index contributed by atoms with van der Waals surface area (Å²) < 4.78 is 0. The van der Waals surface area contributed by atoms with Crippen molar-refractivity contribution >= 4 is 11.8 Å². The summed E-state index contributed by atoms with van der Waals surface area (Å²) in [6.45, 7) is 11.4. The van der Waals surface area contributed by atoms with Crippen molar-refractivity contribution in [3.8, 4) is 0 Å². The van der Waals surface area contributed by atoms with Gasteiger partial charge in [-0.25, -0.2) is 0 Å². The molecule has 136 valence electrons. The molecule has 6 heteroatoms. The molecule has 1 atom stereocenters. The first-order chi connectivity index (χ1) is 11.6. The predicted molar refractivity (Wildman–Crippen MR) is 93.6 cm³/mol. The lowest BCUT2D eigenvalue weighted by atomic mass is 9.91. The number of piperidine rings is 1. The Hall–Kier alpha value is -1.14. The maximum Gasteiger partial charge on any atom is 0.236 e. The Labute approximate surface area is 145 Å². The Bertz CT molecular complexity index is 464. The Balaban J connectivity index is 1.44. The molecule has 2 saturated heterocycles. The number of likely N-dealkylation sites (N-methyl/N-ethyl adjacent to an activating group) is 1. The Kier molecular flexibility index (Phi) is 5.45. The molecule has 3 aliphatic rings. The van der Waals surface area contributed by atoms with Crippen LogP contribution in [-0.4, -0.2) is 85.4 Å². The van der Waals surface area contributed by atoms with Crippen molar-refractivity contribution in [2.45, 2.75) is 33.1 Å². The fourth-order valence-electron chi connectivity index (χ4n) is 4.39. The van der Waals surface area contributed by atoms with Gasteiger partial charge in [-0.1, -0.05) is 0 Å². The number of carbonyl (C=O) groups is 2. The van der Waals surface area contributed by atoms with Gasteiger partial charge in [-0.05, 0) is 51.6 Å². The van der Waals surface area contributed by atoms with E-state index in [0.717, 1.165) is 71.6 Å². The first kappa shape index (κ1) is 17.7. The van der Waals surface area contributed by atoms with Crippen molar-refractivity contribution in [3.05, 3.63) is 0 Å². The van der Waals surface area contributed by atoms with Crippen molar-refractivity contribution in [1.29, 1.82) is 0 Å². The molecule has 1 N–H and O–H groups in total. The lowest BCUT2D eigenvalue weighted by molar-refractivity contribution is -0.136. The average molecular weight is 336 g/mol. The molecule has 1 aliphatic carbocycles. The van der Waals surface area contributed by atoms with E-state index in [-0.39, 0.29) is 11.8 Å². The molecule has 0 bridgehead atoms. The number of nitrogens with one attached hydrogen (secondary N) is 1. The summed E-state index contributed by atoms with van der Waals surface area (Å²) in [7, 11) is 0. The second-order valence-corrected chi connectivity index (χ2v) is 7.54. The molecular formula is C18H32N4O2. The predicted octanol–water partition coefficient (Wildman–Crippen LogP) is 0.389. The van der Waals surface area contributed by atoms with Crippen LogP contribution in [-0.2, 0) is 9.59 Å². The van der Waals surface area contributed by atoms with Gasteiger partial charge >= 0.3 is 0 Å². The Morgan fingerprint density at radius 2 is 1.71 bits per heavy atom. The van der Waals surface area contributed by atoms with Crippen molar-refractivity contribution in [1.82, 2.24) is 20.0 Å². The highest BCUT2D eigenvalue weighted by molar-refractivity contribution is 5.83. The average Bonchev–Trinajstić information content (AvgIpc) is 3.29. The number of carbonyl (C=O) groups excluding carboxylic acids is 2. The van der Waals surface area contributed by atoms with Gasteiger partial charge in [0.05, 0.1) is 6.54 Å². The minimum Gasteiger partial charge on any atom is -0.342 e. The molecule has 24 heavy (non-hydrogen) atoms. The van der Waals surface area contributed by atoms with Crippen LogP contribution in [0.15, 0.2) is 0 Å². The summed E-state index contributed by atoms with van der Waals surface area (Å²) in [5, 5.41) is 3.39. The van der Waals surface area contributed by atoms with Gasteiger partial charge in [0, 0.05) is 45.2 Å². The molecule has 0 aromatic heterocycles. The number of hydrogen-bond donors (Lipinski definition) is 1. The standard InChI is InChI=1S/C18H32N4O2/c1-3-21(4-2)16(23)14-20-9-11-22(12-10-20)17(24)15-13-18(15)5-7-19-8-6-18/h15,19H,3-14H2,1-2H3. The summed E-state index contributed by atoms with van der Waals surface area (Å²) in [4.78, 5) is 31.1. The van der Waals surface area contributed by atoms with Crippen molar-refractivity contribution in [2.24, 2.45) is 11.3 Å². The van der Waals surface area contributed by atoms with Gasteiger partial charge in [0.25, 0.3) is 0 Å². The molecule has 1 spiro atoms. The van der Waals surface area contributed by atoms with Gasteiger partial charge in [-0.15, -0.1) is 0 Å². The molecule has 1 saturated carbocycles. The van der Waals surface area contributed by atoms with Crippen LogP contribution in [0.4, 0.5) is 0 Å². The van der Waals surface area contributed by atoms with Gasteiger partial charge in [-0.2, -0.15) is 0 Å². The van der Waals surface area contributed by atoms with Crippen LogP contribution < -0.4 is 5.32 Å². The van der Waals surface area contributed by atoms with E-state index in [1.54, 1.807) is 0 Å². The fourth-order valence-corrected chi connectivity index (χ4v) is 4.39. The van der Waals surface area contributed by atoms with Gasteiger partial charge in [0.1, 0.15) is 0 Å². The number of rotatable bonds is 5. The van der Waals surface area contributed by atoms with Crippen molar-refractivity contribution in [3.63, 3.8) is 0 Å². The molecular weight excluding hydrogens is 304 g/mol. The summed E-state index contributed by atoms with van der Waals surface area (Å²) in [5.41, 5.74) is 0.318. The minimum absolute atomic E-state index is 0.204. The van der Waals surface area contributed by atoms with Crippen molar-refractivity contribution < 1.29 is 9.59 Å². The van der Waals surface area contributed by atoms with Crippen LogP contribution in [0.5, 0.6) is 0 Å². The summed E-state index contributed by atoms with van der Waals surface area (Å²) in [6, 6.07) is 0. The second-order valence-electron chi connectivity index (χ2n) is 7.54. The molecule has 1 unspecified atom stereocenters. The smallest absolute Gasteiger partial charge is 0.236 e. The first-order valence-electron chi connectivity index (χ1n) is 9.59. The van der Waals surface area contributed by atoms with Gasteiger partial charge in [0.15, 0.2) is 0 Å². The maximum absolute atomic E-state index is 12.8. The largest absolute Gasteiger partial charge is 0.342 e. The van der Waals surface area contributed by atoms with Crippen LogP contribution in [0.2, 0.25) is 0 Å².